The van der Waals surface area contributed by atoms with Crippen LogP contribution in [0.2, 0.25) is 0 Å². The number of esters is 1. The summed E-state index contributed by atoms with van der Waals surface area (Å²) in [6.45, 7) is 2.63. The van der Waals surface area contributed by atoms with E-state index < -0.39 is 0 Å². The molecule has 1 aromatic rings. The summed E-state index contributed by atoms with van der Waals surface area (Å²) in [5, 5.41) is 0. The van der Waals surface area contributed by atoms with Crippen LogP contribution < -0.4 is 5.73 Å². The second-order valence-electron chi connectivity index (χ2n) is 3.62. The lowest BCUT2D eigenvalue weighted by atomic mass is 10.2. The summed E-state index contributed by atoms with van der Waals surface area (Å²) in [5.41, 5.74) is 6.51. The molecule has 0 fully saturated rings. The molecule has 0 atom stereocenters. The summed E-state index contributed by atoms with van der Waals surface area (Å²) >= 11 is 0. The molecule has 0 spiro atoms. The standard InChI is InChI=1S/C13H18N2O2/c1-2-12(14)15-9-8-13(16)17-10-11-6-4-3-5-7-11/h3-7H,2,8-10H2,1H3,(H2,14,15). The first-order chi connectivity index (χ1) is 8.22. The van der Waals surface area contributed by atoms with E-state index in [0.29, 0.717) is 25.4 Å². The van der Waals surface area contributed by atoms with E-state index in [1.807, 2.05) is 37.3 Å². The monoisotopic (exact) mass is 234 g/mol. The molecule has 1 aromatic carbocycles. The number of carbonyl (C=O) groups is 1. The molecule has 0 aliphatic rings. The van der Waals surface area contributed by atoms with Crippen molar-refractivity contribution in [3.63, 3.8) is 0 Å². The molecule has 0 aliphatic heterocycles. The highest BCUT2D eigenvalue weighted by atomic mass is 16.5. The normalized spacial score (nSPS) is 11.2. The van der Waals surface area contributed by atoms with E-state index in [-0.39, 0.29) is 12.4 Å². The fourth-order valence-electron chi connectivity index (χ4n) is 1.21. The summed E-state index contributed by atoms with van der Waals surface area (Å²) < 4.78 is 5.09. The number of aliphatic imine (C=N–C) groups is 1. The average Bonchev–Trinajstić information content (AvgIpc) is 2.37. The average molecular weight is 234 g/mol. The number of hydrogen-bond donors (Lipinski definition) is 1. The van der Waals surface area contributed by atoms with Crippen LogP contribution in [-0.2, 0) is 16.1 Å². The fraction of sp³-hybridized carbons (Fsp3) is 0.385. The lowest BCUT2D eigenvalue weighted by Gasteiger charge is -2.03. The van der Waals surface area contributed by atoms with Crippen LogP contribution in [0.25, 0.3) is 0 Å². The molecule has 0 saturated heterocycles. The molecule has 1 rings (SSSR count). The SMILES string of the molecule is CC/C(N)=N\CCC(=O)OCc1ccccc1. The van der Waals surface area contributed by atoms with Gasteiger partial charge in [-0.2, -0.15) is 0 Å². The van der Waals surface area contributed by atoms with Crippen molar-refractivity contribution in [3.8, 4) is 0 Å². The van der Waals surface area contributed by atoms with Crippen LogP contribution >= 0.6 is 0 Å². The Morgan fingerprint density at radius 2 is 2.06 bits per heavy atom. The number of amidine groups is 1. The fourth-order valence-corrected chi connectivity index (χ4v) is 1.21. The highest BCUT2D eigenvalue weighted by Gasteiger charge is 2.02. The van der Waals surface area contributed by atoms with Crippen molar-refractivity contribution in [2.24, 2.45) is 10.7 Å². The van der Waals surface area contributed by atoms with E-state index in [2.05, 4.69) is 4.99 Å². The number of nitrogens with two attached hydrogens (primary N) is 1. The summed E-state index contributed by atoms with van der Waals surface area (Å²) in [6.07, 6.45) is 0.979. The minimum atomic E-state index is -0.249. The molecule has 17 heavy (non-hydrogen) atoms. The summed E-state index contributed by atoms with van der Waals surface area (Å²) in [4.78, 5) is 15.4. The molecule has 0 radical (unpaired) electrons. The highest BCUT2D eigenvalue weighted by molar-refractivity contribution is 5.80. The third-order valence-corrected chi connectivity index (χ3v) is 2.24. The van der Waals surface area contributed by atoms with Crippen LogP contribution in [0.15, 0.2) is 35.3 Å². The lowest BCUT2D eigenvalue weighted by molar-refractivity contribution is -0.144. The maximum Gasteiger partial charge on any atom is 0.308 e. The summed E-state index contributed by atoms with van der Waals surface area (Å²) in [5.74, 6) is 0.322. The Morgan fingerprint density at radius 3 is 2.71 bits per heavy atom. The van der Waals surface area contributed by atoms with E-state index in [9.17, 15) is 4.79 Å². The van der Waals surface area contributed by atoms with Crippen molar-refractivity contribution in [3.05, 3.63) is 35.9 Å². The van der Waals surface area contributed by atoms with E-state index >= 15 is 0 Å². The molecule has 0 bridgehead atoms. The van der Waals surface area contributed by atoms with Crippen LogP contribution in [0.3, 0.4) is 0 Å². The zero-order valence-corrected chi connectivity index (χ0v) is 10.1. The molecule has 0 saturated carbocycles. The number of carbonyl (C=O) groups excluding carboxylic acids is 1. The van der Waals surface area contributed by atoms with Crippen LogP contribution in [-0.4, -0.2) is 18.3 Å². The number of nitrogens with zero attached hydrogens (tertiary/aromatic N) is 1. The van der Waals surface area contributed by atoms with E-state index in [1.165, 1.54) is 0 Å². The van der Waals surface area contributed by atoms with Gasteiger partial charge in [0.15, 0.2) is 0 Å². The van der Waals surface area contributed by atoms with Crippen molar-refractivity contribution in [2.75, 3.05) is 6.54 Å². The molecule has 0 unspecified atom stereocenters. The first-order valence-corrected chi connectivity index (χ1v) is 5.70. The van der Waals surface area contributed by atoms with Crippen molar-refractivity contribution < 1.29 is 9.53 Å². The lowest BCUT2D eigenvalue weighted by Crippen LogP contribution is -2.12. The molecule has 0 heterocycles. The Labute approximate surface area is 101 Å². The molecule has 0 aliphatic carbocycles. The van der Waals surface area contributed by atoms with Gasteiger partial charge in [0.1, 0.15) is 6.61 Å². The van der Waals surface area contributed by atoms with Crippen molar-refractivity contribution in [2.45, 2.75) is 26.4 Å². The Bertz CT molecular complexity index is 374. The van der Waals surface area contributed by atoms with Crippen molar-refractivity contribution in [1.82, 2.24) is 0 Å². The maximum absolute atomic E-state index is 11.4. The van der Waals surface area contributed by atoms with Crippen LogP contribution in [0.5, 0.6) is 0 Å². The van der Waals surface area contributed by atoms with Crippen molar-refractivity contribution in [1.29, 1.82) is 0 Å². The van der Waals surface area contributed by atoms with E-state index in [0.717, 1.165) is 5.56 Å². The molecule has 4 heteroatoms. The van der Waals surface area contributed by atoms with Crippen molar-refractivity contribution >= 4 is 11.8 Å². The van der Waals surface area contributed by atoms with Gasteiger partial charge < -0.3 is 10.5 Å². The van der Waals surface area contributed by atoms with Crippen LogP contribution in [0.4, 0.5) is 0 Å². The van der Waals surface area contributed by atoms with Gasteiger partial charge in [0, 0.05) is 6.42 Å². The largest absolute Gasteiger partial charge is 0.461 e. The summed E-state index contributed by atoms with van der Waals surface area (Å²) in [7, 11) is 0. The van der Waals surface area contributed by atoms with Gasteiger partial charge in [-0.05, 0) is 5.56 Å². The highest BCUT2D eigenvalue weighted by Crippen LogP contribution is 2.01. The molecule has 2 N–H and O–H groups in total. The molecular weight excluding hydrogens is 216 g/mol. The van der Waals surface area contributed by atoms with Gasteiger partial charge in [0.05, 0.1) is 18.8 Å². The quantitative estimate of drug-likeness (QED) is 0.464. The van der Waals surface area contributed by atoms with Crippen LogP contribution in [0.1, 0.15) is 25.3 Å². The zero-order chi connectivity index (χ0) is 12.5. The number of benzene rings is 1. The van der Waals surface area contributed by atoms with Crippen LogP contribution in [0, 0.1) is 0 Å². The Hall–Kier alpha value is -1.84. The number of rotatable bonds is 6. The molecule has 92 valence electrons. The Balaban J connectivity index is 2.22. The number of hydrogen-bond acceptors (Lipinski definition) is 3. The van der Waals surface area contributed by atoms with Gasteiger partial charge >= 0.3 is 5.97 Å². The molecule has 4 nitrogen and oxygen atoms in total. The first kappa shape index (κ1) is 13.2. The minimum absolute atomic E-state index is 0.249. The molecule has 0 amide bonds. The second kappa shape index (κ2) is 7.44. The Morgan fingerprint density at radius 1 is 1.35 bits per heavy atom. The second-order valence-corrected chi connectivity index (χ2v) is 3.62. The van der Waals surface area contributed by atoms with Gasteiger partial charge in [-0.25, -0.2) is 0 Å². The van der Waals surface area contributed by atoms with Gasteiger partial charge in [-0.15, -0.1) is 0 Å². The smallest absolute Gasteiger partial charge is 0.308 e. The topological polar surface area (TPSA) is 64.7 Å². The number of ether oxygens (including phenoxy) is 1. The third kappa shape index (κ3) is 5.70. The first-order valence-electron chi connectivity index (χ1n) is 5.70. The Kier molecular flexibility index (Phi) is 5.79. The minimum Gasteiger partial charge on any atom is -0.461 e. The van der Waals surface area contributed by atoms with E-state index in [1.54, 1.807) is 0 Å². The predicted octanol–water partition coefficient (Wildman–Crippen LogP) is 1.89. The summed E-state index contributed by atoms with van der Waals surface area (Å²) in [6, 6.07) is 9.58. The van der Waals surface area contributed by atoms with Gasteiger partial charge in [0.25, 0.3) is 0 Å². The van der Waals surface area contributed by atoms with Gasteiger partial charge in [-0.3, -0.25) is 9.79 Å². The molecular formula is C13H18N2O2. The zero-order valence-electron chi connectivity index (χ0n) is 10.1. The third-order valence-electron chi connectivity index (χ3n) is 2.24. The van der Waals surface area contributed by atoms with Gasteiger partial charge in [-0.1, -0.05) is 37.3 Å². The van der Waals surface area contributed by atoms with Gasteiger partial charge in [0.2, 0.25) is 0 Å². The predicted molar refractivity (Wildman–Crippen MR) is 67.6 cm³/mol. The maximum atomic E-state index is 11.4. The molecule has 0 aromatic heterocycles. The van der Waals surface area contributed by atoms with E-state index in [4.69, 9.17) is 10.5 Å².